The Labute approximate surface area is 109 Å². The maximum absolute atomic E-state index is 11.8. The Bertz CT molecular complexity index is 611. The summed E-state index contributed by atoms with van der Waals surface area (Å²) in [6.45, 7) is 0. The van der Waals surface area contributed by atoms with E-state index >= 15 is 0 Å². The number of hydrazine groups is 2. The molecule has 1 heterocycles. The number of carbonyl (C=O) groups is 1. The normalized spacial score (nSPS) is 13.8. The fourth-order valence-electron chi connectivity index (χ4n) is 1.27. The van der Waals surface area contributed by atoms with Crippen molar-refractivity contribution in [2.75, 3.05) is 0 Å². The number of nitrogens with zero attached hydrogens (tertiary/aromatic N) is 2. The Morgan fingerprint density at radius 1 is 1.26 bits per heavy atom. The van der Waals surface area contributed by atoms with Gasteiger partial charge in [-0.05, 0) is 12.1 Å². The van der Waals surface area contributed by atoms with Crippen LogP contribution >= 0.6 is 0 Å². The number of sulfonamides is 1. The Kier molecular flexibility index (Phi) is 3.66. The molecule has 2 amide bonds. The summed E-state index contributed by atoms with van der Waals surface area (Å²) in [7, 11) is -3.88. The summed E-state index contributed by atoms with van der Waals surface area (Å²) >= 11 is 0. The molecular formula is C10H11N5O3S. The molecule has 1 aromatic carbocycles. The maximum Gasteiger partial charge on any atom is 0.349 e. The first-order valence-corrected chi connectivity index (χ1v) is 6.68. The van der Waals surface area contributed by atoms with Gasteiger partial charge in [-0.3, -0.25) is 5.43 Å². The average Bonchev–Trinajstić information content (AvgIpc) is 2.40. The summed E-state index contributed by atoms with van der Waals surface area (Å²) in [6.07, 6.45) is 4.16. The van der Waals surface area contributed by atoms with E-state index in [4.69, 9.17) is 0 Å². The second kappa shape index (κ2) is 5.40. The van der Waals surface area contributed by atoms with Crippen molar-refractivity contribution in [3.8, 4) is 0 Å². The van der Waals surface area contributed by atoms with E-state index < -0.39 is 16.1 Å². The number of nitrogens with one attached hydrogen (secondary N) is 3. The Morgan fingerprint density at radius 3 is 2.63 bits per heavy atom. The average molecular weight is 281 g/mol. The van der Waals surface area contributed by atoms with Crippen LogP contribution in [0.5, 0.6) is 0 Å². The molecule has 1 aliphatic rings. The van der Waals surface area contributed by atoms with E-state index in [9.17, 15) is 13.2 Å². The van der Waals surface area contributed by atoms with E-state index in [2.05, 4.69) is 15.8 Å². The van der Waals surface area contributed by atoms with Gasteiger partial charge in [0.05, 0.1) is 11.1 Å². The van der Waals surface area contributed by atoms with Gasteiger partial charge >= 0.3 is 6.03 Å². The summed E-state index contributed by atoms with van der Waals surface area (Å²) in [4.78, 5) is 15.3. The lowest BCUT2D eigenvalue weighted by atomic mass is 10.4. The van der Waals surface area contributed by atoms with Crippen LogP contribution in [0.3, 0.4) is 0 Å². The van der Waals surface area contributed by atoms with Crippen molar-refractivity contribution < 1.29 is 13.2 Å². The minimum Gasteiger partial charge on any atom is -0.269 e. The Balaban J connectivity index is 1.99. The van der Waals surface area contributed by atoms with Crippen molar-refractivity contribution in [1.82, 2.24) is 20.7 Å². The molecule has 0 unspecified atom stereocenters. The topological polar surface area (TPSA) is 103 Å². The highest BCUT2D eigenvalue weighted by atomic mass is 32.2. The molecule has 0 fully saturated rings. The number of benzene rings is 1. The van der Waals surface area contributed by atoms with Crippen molar-refractivity contribution in [3.63, 3.8) is 0 Å². The molecule has 19 heavy (non-hydrogen) atoms. The molecule has 0 bridgehead atoms. The van der Waals surface area contributed by atoms with Crippen LogP contribution in [-0.4, -0.2) is 25.9 Å². The molecule has 0 saturated carbocycles. The van der Waals surface area contributed by atoms with E-state index in [0.29, 0.717) is 0 Å². The first-order chi connectivity index (χ1) is 9.08. The van der Waals surface area contributed by atoms with Crippen LogP contribution in [0, 0.1) is 0 Å². The van der Waals surface area contributed by atoms with Gasteiger partial charge in [0, 0.05) is 6.20 Å². The zero-order chi connectivity index (χ0) is 13.7. The molecule has 0 atom stereocenters. The number of rotatable bonds is 3. The Morgan fingerprint density at radius 2 is 2.00 bits per heavy atom. The van der Waals surface area contributed by atoms with E-state index in [1.54, 1.807) is 18.2 Å². The molecule has 100 valence electrons. The molecule has 1 aromatic rings. The third-order valence-electron chi connectivity index (χ3n) is 2.08. The number of hydrogen-bond donors (Lipinski definition) is 3. The van der Waals surface area contributed by atoms with Crippen LogP contribution in [0.1, 0.15) is 0 Å². The van der Waals surface area contributed by atoms with Crippen LogP contribution in [0.4, 0.5) is 4.79 Å². The summed E-state index contributed by atoms with van der Waals surface area (Å²) in [5.74, 6) is 0. The predicted octanol–water partition coefficient (Wildman–Crippen LogP) is -0.0908. The molecule has 0 spiro atoms. The van der Waals surface area contributed by atoms with E-state index in [-0.39, 0.29) is 4.90 Å². The molecule has 8 nitrogen and oxygen atoms in total. The lowest BCUT2D eigenvalue weighted by Crippen LogP contribution is -2.52. The molecule has 0 radical (unpaired) electrons. The predicted molar refractivity (Wildman–Crippen MR) is 67.9 cm³/mol. The number of urea groups is 1. The molecular weight excluding hydrogens is 270 g/mol. The van der Waals surface area contributed by atoms with Crippen LogP contribution in [-0.2, 0) is 10.0 Å². The van der Waals surface area contributed by atoms with Gasteiger partial charge in [-0.2, -0.15) is 5.12 Å². The first-order valence-electron chi connectivity index (χ1n) is 5.20. The van der Waals surface area contributed by atoms with Gasteiger partial charge in [0.15, 0.2) is 0 Å². The van der Waals surface area contributed by atoms with Gasteiger partial charge in [0.2, 0.25) is 0 Å². The lowest BCUT2D eigenvalue weighted by molar-refractivity contribution is 0.201. The van der Waals surface area contributed by atoms with Crippen molar-refractivity contribution in [2.45, 2.75) is 4.90 Å². The highest BCUT2D eigenvalue weighted by Crippen LogP contribution is 2.06. The summed E-state index contributed by atoms with van der Waals surface area (Å²) in [5, 5.41) is 1.16. The number of hydrogen-bond acceptors (Lipinski definition) is 6. The fourth-order valence-corrected chi connectivity index (χ4v) is 2.19. The van der Waals surface area contributed by atoms with Gasteiger partial charge in [-0.1, -0.05) is 18.2 Å². The highest BCUT2D eigenvalue weighted by Gasteiger charge is 2.17. The number of carbonyl (C=O) groups excluding carboxylic acids is 1. The maximum atomic E-state index is 11.8. The number of aliphatic imine (C=N–C) groups is 1. The molecule has 2 rings (SSSR count). The molecule has 0 aromatic heterocycles. The van der Waals surface area contributed by atoms with E-state index in [1.165, 1.54) is 30.9 Å². The SMILES string of the molecule is O=C(NN1C=CN=CN1)NS(=O)(=O)c1ccccc1. The third-order valence-corrected chi connectivity index (χ3v) is 3.42. The van der Waals surface area contributed by atoms with Crippen LogP contribution in [0.2, 0.25) is 0 Å². The summed E-state index contributed by atoms with van der Waals surface area (Å²) in [6, 6.07) is 6.70. The van der Waals surface area contributed by atoms with E-state index in [1.807, 2.05) is 4.72 Å². The van der Waals surface area contributed by atoms with Crippen molar-refractivity contribution in [3.05, 3.63) is 42.7 Å². The van der Waals surface area contributed by atoms with Gasteiger partial charge in [0.1, 0.15) is 6.34 Å². The van der Waals surface area contributed by atoms with Crippen LogP contribution in [0.25, 0.3) is 0 Å². The molecule has 0 aliphatic carbocycles. The monoisotopic (exact) mass is 281 g/mol. The summed E-state index contributed by atoms with van der Waals surface area (Å²) < 4.78 is 25.5. The molecule has 9 heteroatoms. The van der Waals surface area contributed by atoms with Gasteiger partial charge in [-0.25, -0.2) is 28.4 Å². The zero-order valence-corrected chi connectivity index (χ0v) is 10.5. The van der Waals surface area contributed by atoms with Gasteiger partial charge < -0.3 is 0 Å². The second-order valence-electron chi connectivity index (χ2n) is 3.43. The van der Waals surface area contributed by atoms with Gasteiger partial charge in [-0.15, -0.1) is 0 Å². The second-order valence-corrected chi connectivity index (χ2v) is 5.12. The lowest BCUT2D eigenvalue weighted by Gasteiger charge is -2.21. The standard InChI is InChI=1S/C10H11N5O3S/c16-10(13-15-7-6-11-8-12-15)14-19(17,18)9-4-2-1-3-5-9/h1-8H,(H,11,12)(H2,13,14,16). The molecule has 1 aliphatic heterocycles. The van der Waals surface area contributed by atoms with Crippen molar-refractivity contribution in [2.24, 2.45) is 4.99 Å². The van der Waals surface area contributed by atoms with Crippen molar-refractivity contribution in [1.29, 1.82) is 0 Å². The van der Waals surface area contributed by atoms with E-state index in [0.717, 1.165) is 5.12 Å². The number of amides is 2. The molecule has 3 N–H and O–H groups in total. The third kappa shape index (κ3) is 3.45. The van der Waals surface area contributed by atoms with Crippen LogP contribution in [0.15, 0.2) is 52.6 Å². The smallest absolute Gasteiger partial charge is 0.269 e. The largest absolute Gasteiger partial charge is 0.349 e. The minimum absolute atomic E-state index is 0.00820. The first kappa shape index (κ1) is 12.9. The molecule has 0 saturated heterocycles. The minimum atomic E-state index is -3.88. The fraction of sp³-hybridized carbons (Fsp3) is 0. The Hall–Kier alpha value is -2.55. The zero-order valence-electron chi connectivity index (χ0n) is 9.65. The summed E-state index contributed by atoms with van der Waals surface area (Å²) in [5.41, 5.74) is 4.82. The highest BCUT2D eigenvalue weighted by molar-refractivity contribution is 7.90. The van der Waals surface area contributed by atoms with Crippen molar-refractivity contribution >= 4 is 22.4 Å². The van der Waals surface area contributed by atoms with Crippen LogP contribution < -0.4 is 15.6 Å². The quantitative estimate of drug-likeness (QED) is 0.718. The van der Waals surface area contributed by atoms with Gasteiger partial charge in [0.25, 0.3) is 10.0 Å².